The molecule has 0 aromatic heterocycles. The van der Waals surface area contributed by atoms with Gasteiger partial charge in [-0.2, -0.15) is 0 Å². The summed E-state index contributed by atoms with van der Waals surface area (Å²) in [5.74, 6) is 0.805. The average molecular weight is 312 g/mol. The Balaban J connectivity index is 1.74. The Labute approximate surface area is 127 Å². The minimum Gasteiger partial charge on any atom is -0.497 e. The van der Waals surface area contributed by atoms with E-state index < -0.39 is 15.3 Å². The van der Waals surface area contributed by atoms with Gasteiger partial charge in [-0.3, -0.25) is 0 Å². The summed E-state index contributed by atoms with van der Waals surface area (Å²) in [5.41, 5.74) is 1.09. The van der Waals surface area contributed by atoms with Gasteiger partial charge in [0.15, 0.2) is 0 Å². The summed E-state index contributed by atoms with van der Waals surface area (Å²) in [6, 6.07) is 8.19. The van der Waals surface area contributed by atoms with Crippen LogP contribution >= 0.6 is 0 Å². The highest BCUT2D eigenvalue weighted by Crippen LogP contribution is 2.18. The van der Waals surface area contributed by atoms with Gasteiger partial charge in [-0.05, 0) is 43.9 Å². The van der Waals surface area contributed by atoms with E-state index in [0.717, 1.165) is 24.2 Å². The van der Waals surface area contributed by atoms with Crippen LogP contribution in [0.2, 0.25) is 0 Å². The Bertz CT molecular complexity index is 539. The topological polar surface area (TPSA) is 67.4 Å². The number of ether oxygens (including phenoxy) is 1. The lowest BCUT2D eigenvalue weighted by Crippen LogP contribution is -2.40. The second kappa shape index (κ2) is 7.24. The standard InChI is InChI=1S/C15H24N2O3S/c1-12(11-16-14-5-6-14)21(18,19)17-10-9-13-3-7-15(20-2)8-4-13/h3-4,7-8,12,14,16-17H,5-6,9-11H2,1-2H3. The predicted octanol–water partition coefficient (Wildman–Crippen LogP) is 1.30. The first-order valence-corrected chi connectivity index (χ1v) is 8.90. The summed E-state index contributed by atoms with van der Waals surface area (Å²) < 4.78 is 31.9. The van der Waals surface area contributed by atoms with Crippen molar-refractivity contribution in [1.29, 1.82) is 0 Å². The van der Waals surface area contributed by atoms with Crippen LogP contribution in [0.25, 0.3) is 0 Å². The van der Waals surface area contributed by atoms with E-state index in [1.807, 2.05) is 24.3 Å². The van der Waals surface area contributed by atoms with Crippen LogP contribution in [0.4, 0.5) is 0 Å². The molecule has 0 amide bonds. The molecule has 0 radical (unpaired) electrons. The molecule has 1 atom stereocenters. The van der Waals surface area contributed by atoms with E-state index >= 15 is 0 Å². The van der Waals surface area contributed by atoms with Crippen molar-refractivity contribution in [2.24, 2.45) is 0 Å². The van der Waals surface area contributed by atoms with Gasteiger partial charge in [0.1, 0.15) is 5.75 Å². The zero-order chi connectivity index (χ0) is 15.3. The molecule has 2 rings (SSSR count). The lowest BCUT2D eigenvalue weighted by atomic mass is 10.1. The van der Waals surface area contributed by atoms with Gasteiger partial charge >= 0.3 is 0 Å². The van der Waals surface area contributed by atoms with Crippen LogP contribution in [0.1, 0.15) is 25.3 Å². The highest BCUT2D eigenvalue weighted by Gasteiger charge is 2.25. The van der Waals surface area contributed by atoms with Crippen LogP contribution in [0.15, 0.2) is 24.3 Å². The monoisotopic (exact) mass is 312 g/mol. The quantitative estimate of drug-likeness (QED) is 0.721. The van der Waals surface area contributed by atoms with Gasteiger partial charge in [0.2, 0.25) is 10.0 Å². The minimum atomic E-state index is -3.25. The SMILES string of the molecule is COc1ccc(CCNS(=O)(=O)C(C)CNC2CC2)cc1. The number of benzene rings is 1. The van der Waals surface area contributed by atoms with Gasteiger partial charge in [-0.1, -0.05) is 12.1 Å². The van der Waals surface area contributed by atoms with Crippen molar-refractivity contribution in [3.05, 3.63) is 29.8 Å². The number of methoxy groups -OCH3 is 1. The lowest BCUT2D eigenvalue weighted by molar-refractivity contribution is 0.414. The fraction of sp³-hybridized carbons (Fsp3) is 0.600. The van der Waals surface area contributed by atoms with E-state index in [0.29, 0.717) is 25.6 Å². The Morgan fingerprint density at radius 2 is 1.95 bits per heavy atom. The average Bonchev–Trinajstić information content (AvgIpc) is 3.29. The number of hydrogen-bond donors (Lipinski definition) is 2. The van der Waals surface area contributed by atoms with Crippen LogP contribution in [-0.4, -0.2) is 39.9 Å². The first-order chi connectivity index (χ1) is 10.0. The van der Waals surface area contributed by atoms with Gasteiger partial charge in [0.25, 0.3) is 0 Å². The third-order valence-corrected chi connectivity index (χ3v) is 5.51. The molecule has 21 heavy (non-hydrogen) atoms. The van der Waals surface area contributed by atoms with Crippen LogP contribution in [0.5, 0.6) is 5.75 Å². The van der Waals surface area contributed by atoms with Crippen molar-refractivity contribution < 1.29 is 13.2 Å². The predicted molar refractivity (Wildman–Crippen MR) is 84.1 cm³/mol. The van der Waals surface area contributed by atoms with Crippen molar-refractivity contribution in [3.8, 4) is 5.75 Å². The van der Waals surface area contributed by atoms with Crippen molar-refractivity contribution in [2.45, 2.75) is 37.5 Å². The fourth-order valence-corrected chi connectivity index (χ4v) is 2.99. The van der Waals surface area contributed by atoms with E-state index in [1.54, 1.807) is 14.0 Å². The molecule has 0 aliphatic heterocycles. The van der Waals surface area contributed by atoms with E-state index in [9.17, 15) is 8.42 Å². The largest absolute Gasteiger partial charge is 0.497 e. The Morgan fingerprint density at radius 3 is 2.52 bits per heavy atom. The summed E-state index contributed by atoms with van der Waals surface area (Å²) in [6.07, 6.45) is 3.00. The maximum absolute atomic E-state index is 12.1. The zero-order valence-electron chi connectivity index (χ0n) is 12.6. The molecule has 1 aromatic carbocycles. The smallest absolute Gasteiger partial charge is 0.215 e. The van der Waals surface area contributed by atoms with Gasteiger partial charge < -0.3 is 10.1 Å². The third-order valence-electron chi connectivity index (χ3n) is 3.68. The van der Waals surface area contributed by atoms with Crippen LogP contribution < -0.4 is 14.8 Å². The second-order valence-corrected chi connectivity index (χ2v) is 7.71. The van der Waals surface area contributed by atoms with Crippen molar-refractivity contribution in [3.63, 3.8) is 0 Å². The van der Waals surface area contributed by atoms with Crippen molar-refractivity contribution >= 4 is 10.0 Å². The number of nitrogens with one attached hydrogen (secondary N) is 2. The summed E-state index contributed by atoms with van der Waals surface area (Å²) in [5, 5.41) is 2.84. The first kappa shape index (κ1) is 16.3. The minimum absolute atomic E-state index is 0.408. The molecule has 6 heteroatoms. The van der Waals surface area contributed by atoms with E-state index in [-0.39, 0.29) is 0 Å². The summed E-state index contributed by atoms with van der Waals surface area (Å²) in [4.78, 5) is 0. The molecular weight excluding hydrogens is 288 g/mol. The molecule has 118 valence electrons. The molecule has 5 nitrogen and oxygen atoms in total. The Kier molecular flexibility index (Phi) is 5.61. The molecule has 0 heterocycles. The van der Waals surface area contributed by atoms with Gasteiger partial charge in [-0.15, -0.1) is 0 Å². The van der Waals surface area contributed by atoms with Gasteiger partial charge in [0.05, 0.1) is 12.4 Å². The molecule has 1 aliphatic carbocycles. The molecular formula is C15H24N2O3S. The molecule has 1 aliphatic rings. The second-order valence-electron chi connectivity index (χ2n) is 5.53. The normalized spacial score (nSPS) is 16.7. The van der Waals surface area contributed by atoms with Gasteiger partial charge in [-0.25, -0.2) is 13.1 Å². The Hall–Kier alpha value is -1.11. The Morgan fingerprint density at radius 1 is 1.29 bits per heavy atom. The molecule has 1 fully saturated rings. The maximum atomic E-state index is 12.1. The molecule has 1 aromatic rings. The molecule has 0 saturated heterocycles. The number of rotatable bonds is 9. The van der Waals surface area contributed by atoms with Crippen molar-refractivity contribution in [1.82, 2.24) is 10.0 Å². The van der Waals surface area contributed by atoms with Crippen LogP contribution in [0, 0.1) is 0 Å². The van der Waals surface area contributed by atoms with E-state index in [4.69, 9.17) is 4.74 Å². The van der Waals surface area contributed by atoms with Crippen LogP contribution in [-0.2, 0) is 16.4 Å². The highest BCUT2D eigenvalue weighted by molar-refractivity contribution is 7.90. The van der Waals surface area contributed by atoms with Crippen molar-refractivity contribution in [2.75, 3.05) is 20.2 Å². The van der Waals surface area contributed by atoms with E-state index in [2.05, 4.69) is 10.0 Å². The van der Waals surface area contributed by atoms with Crippen LogP contribution in [0.3, 0.4) is 0 Å². The zero-order valence-corrected chi connectivity index (χ0v) is 13.4. The molecule has 2 N–H and O–H groups in total. The number of sulfonamides is 1. The van der Waals surface area contributed by atoms with E-state index in [1.165, 1.54) is 0 Å². The van der Waals surface area contributed by atoms with Gasteiger partial charge in [0, 0.05) is 19.1 Å². The maximum Gasteiger partial charge on any atom is 0.215 e. The molecule has 1 saturated carbocycles. The highest BCUT2D eigenvalue weighted by atomic mass is 32.2. The summed E-state index contributed by atoms with van der Waals surface area (Å²) >= 11 is 0. The molecule has 0 spiro atoms. The molecule has 1 unspecified atom stereocenters. The summed E-state index contributed by atoms with van der Waals surface area (Å²) in [6.45, 7) is 2.68. The third kappa shape index (κ3) is 5.30. The number of hydrogen-bond acceptors (Lipinski definition) is 4. The summed E-state index contributed by atoms with van der Waals surface area (Å²) in [7, 11) is -1.62. The fourth-order valence-electron chi connectivity index (χ4n) is 2.00. The first-order valence-electron chi connectivity index (χ1n) is 7.36. The lowest BCUT2D eigenvalue weighted by Gasteiger charge is -2.14. The molecule has 0 bridgehead atoms.